The standard InChI is InChI=1S/C25H29FN6O2/c1-3-19-24(33)30-23-20(29-19)9-7-18(22(23)26)15(2)31-10-12-32(13-11-31)17-6-8-21(27-14-17)25(34)28-16-4-5-16/h6-9,14-16H,3-5,10-13H2,1-2H3,(H,28,34)(H,30,33). The van der Waals surface area contributed by atoms with Gasteiger partial charge in [-0.05, 0) is 44.4 Å². The quantitative estimate of drug-likeness (QED) is 0.583. The van der Waals surface area contributed by atoms with E-state index in [0.717, 1.165) is 44.7 Å². The zero-order valence-electron chi connectivity index (χ0n) is 19.5. The first-order chi connectivity index (χ1) is 16.4. The van der Waals surface area contributed by atoms with E-state index in [9.17, 15) is 9.59 Å². The monoisotopic (exact) mass is 464 g/mol. The molecule has 1 saturated carbocycles. The molecule has 3 aromatic rings. The van der Waals surface area contributed by atoms with Gasteiger partial charge in [0.15, 0.2) is 5.82 Å². The molecule has 1 amide bonds. The molecule has 8 nitrogen and oxygen atoms in total. The number of aryl methyl sites for hydroxylation is 1. The third kappa shape index (κ3) is 4.40. The summed E-state index contributed by atoms with van der Waals surface area (Å²) in [4.78, 5) is 40.1. The van der Waals surface area contributed by atoms with E-state index in [2.05, 4.69) is 30.1 Å². The van der Waals surface area contributed by atoms with E-state index in [1.807, 2.05) is 19.9 Å². The number of carbonyl (C=O) groups is 1. The molecule has 1 unspecified atom stereocenters. The number of nitrogens with one attached hydrogen (secondary N) is 2. The van der Waals surface area contributed by atoms with E-state index in [1.54, 1.807) is 24.4 Å². The molecule has 34 heavy (non-hydrogen) atoms. The van der Waals surface area contributed by atoms with E-state index in [0.29, 0.717) is 34.9 Å². The lowest BCUT2D eigenvalue weighted by Gasteiger charge is -2.39. The average molecular weight is 465 g/mol. The van der Waals surface area contributed by atoms with E-state index in [1.165, 1.54) is 0 Å². The molecular weight excluding hydrogens is 435 g/mol. The maximum absolute atomic E-state index is 15.3. The van der Waals surface area contributed by atoms with Gasteiger partial charge in [0.2, 0.25) is 0 Å². The molecule has 178 valence electrons. The summed E-state index contributed by atoms with van der Waals surface area (Å²) < 4.78 is 15.3. The lowest BCUT2D eigenvalue weighted by molar-refractivity contribution is 0.0946. The Morgan fingerprint density at radius 1 is 1.21 bits per heavy atom. The van der Waals surface area contributed by atoms with Crippen molar-refractivity contribution in [3.63, 3.8) is 0 Å². The van der Waals surface area contributed by atoms with Crippen molar-refractivity contribution in [2.45, 2.75) is 45.2 Å². The van der Waals surface area contributed by atoms with E-state index >= 15 is 4.39 Å². The fourth-order valence-electron chi connectivity index (χ4n) is 4.50. The van der Waals surface area contributed by atoms with Crippen LogP contribution in [0.4, 0.5) is 10.1 Å². The predicted octanol–water partition coefficient (Wildman–Crippen LogP) is 2.80. The van der Waals surface area contributed by atoms with Gasteiger partial charge >= 0.3 is 0 Å². The number of anilines is 1. The summed E-state index contributed by atoms with van der Waals surface area (Å²) >= 11 is 0. The first-order valence-electron chi connectivity index (χ1n) is 11.9. The van der Waals surface area contributed by atoms with Gasteiger partial charge in [0.25, 0.3) is 11.5 Å². The van der Waals surface area contributed by atoms with Gasteiger partial charge in [0.05, 0.1) is 17.4 Å². The SMILES string of the molecule is CCc1nc2ccc(C(C)N3CCN(c4ccc(C(=O)NC5CC5)nc4)CC3)c(F)c2[nH]c1=O. The summed E-state index contributed by atoms with van der Waals surface area (Å²) in [7, 11) is 0. The van der Waals surface area contributed by atoms with Gasteiger partial charge in [-0.3, -0.25) is 14.5 Å². The summed E-state index contributed by atoms with van der Waals surface area (Å²) in [5.41, 5.74) is 2.68. The highest BCUT2D eigenvalue weighted by Gasteiger charge is 2.26. The fourth-order valence-corrected chi connectivity index (χ4v) is 4.50. The van der Waals surface area contributed by atoms with Crippen molar-refractivity contribution in [1.29, 1.82) is 0 Å². The Balaban J connectivity index is 1.25. The fraction of sp³-hybridized carbons (Fsp3) is 0.440. The maximum Gasteiger partial charge on any atom is 0.270 e. The maximum atomic E-state index is 15.3. The number of carbonyl (C=O) groups excluding carboxylic acids is 1. The average Bonchev–Trinajstić information content (AvgIpc) is 3.68. The topological polar surface area (TPSA) is 94.2 Å². The number of H-pyrrole nitrogens is 1. The molecule has 2 aliphatic rings. The van der Waals surface area contributed by atoms with Gasteiger partial charge in [-0.25, -0.2) is 14.4 Å². The molecular formula is C25H29FN6O2. The number of aromatic nitrogens is 3. The molecule has 3 heterocycles. The number of pyridine rings is 1. The van der Waals surface area contributed by atoms with Crippen molar-refractivity contribution in [2.75, 3.05) is 31.1 Å². The number of rotatable bonds is 6. The van der Waals surface area contributed by atoms with Crippen molar-refractivity contribution in [3.8, 4) is 0 Å². The van der Waals surface area contributed by atoms with Crippen molar-refractivity contribution >= 4 is 22.6 Å². The van der Waals surface area contributed by atoms with Crippen LogP contribution in [-0.4, -0.2) is 58.0 Å². The highest BCUT2D eigenvalue weighted by molar-refractivity contribution is 5.92. The van der Waals surface area contributed by atoms with Gasteiger partial charge in [-0.2, -0.15) is 0 Å². The first kappa shape index (κ1) is 22.5. The summed E-state index contributed by atoms with van der Waals surface area (Å²) in [6, 6.07) is 7.42. The highest BCUT2D eigenvalue weighted by Crippen LogP contribution is 2.28. The Labute approximate surface area is 197 Å². The summed E-state index contributed by atoms with van der Waals surface area (Å²) in [5.74, 6) is -0.531. The minimum Gasteiger partial charge on any atom is -0.368 e. The second kappa shape index (κ2) is 9.13. The third-order valence-corrected chi connectivity index (χ3v) is 6.81. The Morgan fingerprint density at radius 3 is 2.62 bits per heavy atom. The molecule has 5 rings (SSSR count). The Kier molecular flexibility index (Phi) is 6.03. The minimum atomic E-state index is -0.413. The molecule has 0 radical (unpaired) electrons. The van der Waals surface area contributed by atoms with Crippen molar-refractivity contribution in [1.82, 2.24) is 25.2 Å². The van der Waals surface area contributed by atoms with Crippen LogP contribution in [0.3, 0.4) is 0 Å². The number of benzene rings is 1. The predicted molar refractivity (Wildman–Crippen MR) is 129 cm³/mol. The summed E-state index contributed by atoms with van der Waals surface area (Å²) in [6.45, 7) is 6.89. The number of hydrogen-bond acceptors (Lipinski definition) is 6. The van der Waals surface area contributed by atoms with Crippen LogP contribution >= 0.6 is 0 Å². The number of hydrogen-bond donors (Lipinski definition) is 2. The lowest BCUT2D eigenvalue weighted by atomic mass is 10.0. The summed E-state index contributed by atoms with van der Waals surface area (Å²) in [5, 5.41) is 2.95. The Morgan fingerprint density at radius 2 is 1.97 bits per heavy atom. The van der Waals surface area contributed by atoms with Crippen molar-refractivity contribution < 1.29 is 9.18 Å². The van der Waals surface area contributed by atoms with Crippen LogP contribution in [0.25, 0.3) is 11.0 Å². The van der Waals surface area contributed by atoms with Crippen LogP contribution in [-0.2, 0) is 6.42 Å². The van der Waals surface area contributed by atoms with E-state index in [-0.39, 0.29) is 23.0 Å². The molecule has 1 aliphatic heterocycles. The Hall–Kier alpha value is -3.33. The number of piperazine rings is 1. The number of aromatic amines is 1. The zero-order valence-corrected chi connectivity index (χ0v) is 19.5. The van der Waals surface area contributed by atoms with Gasteiger partial charge in [0.1, 0.15) is 16.9 Å². The van der Waals surface area contributed by atoms with E-state index < -0.39 is 5.82 Å². The number of amides is 1. The molecule has 0 bridgehead atoms. The molecule has 1 aliphatic carbocycles. The highest BCUT2D eigenvalue weighted by atomic mass is 19.1. The Bertz CT molecular complexity index is 1260. The van der Waals surface area contributed by atoms with Crippen LogP contribution in [0, 0.1) is 5.82 Å². The molecule has 2 aromatic heterocycles. The van der Waals surface area contributed by atoms with Gasteiger partial charge < -0.3 is 15.2 Å². The summed E-state index contributed by atoms with van der Waals surface area (Å²) in [6.07, 6.45) is 4.34. The molecule has 2 fully saturated rings. The lowest BCUT2D eigenvalue weighted by Crippen LogP contribution is -2.47. The third-order valence-electron chi connectivity index (χ3n) is 6.81. The molecule has 1 saturated heterocycles. The van der Waals surface area contributed by atoms with Crippen LogP contribution in [0.2, 0.25) is 0 Å². The first-order valence-corrected chi connectivity index (χ1v) is 11.9. The van der Waals surface area contributed by atoms with Crippen LogP contribution in [0.15, 0.2) is 35.3 Å². The molecule has 2 N–H and O–H groups in total. The second-order valence-electron chi connectivity index (χ2n) is 9.08. The minimum absolute atomic E-state index is 0.118. The van der Waals surface area contributed by atoms with Gasteiger partial charge in [0, 0.05) is 43.8 Å². The van der Waals surface area contributed by atoms with Crippen LogP contribution in [0.5, 0.6) is 0 Å². The zero-order chi connectivity index (χ0) is 23.8. The van der Waals surface area contributed by atoms with Crippen LogP contribution < -0.4 is 15.8 Å². The number of fused-ring (bicyclic) bond motifs is 1. The molecule has 1 aromatic carbocycles. The van der Waals surface area contributed by atoms with E-state index in [4.69, 9.17) is 0 Å². The largest absolute Gasteiger partial charge is 0.368 e. The van der Waals surface area contributed by atoms with Crippen molar-refractivity contribution in [2.24, 2.45) is 0 Å². The molecule has 0 spiro atoms. The van der Waals surface area contributed by atoms with Crippen molar-refractivity contribution in [3.05, 3.63) is 63.6 Å². The van der Waals surface area contributed by atoms with Gasteiger partial charge in [-0.15, -0.1) is 0 Å². The number of halogens is 1. The normalized spacial score (nSPS) is 17.7. The second-order valence-corrected chi connectivity index (χ2v) is 9.08. The molecule has 9 heteroatoms. The van der Waals surface area contributed by atoms with Gasteiger partial charge in [-0.1, -0.05) is 13.0 Å². The molecule has 1 atom stereocenters. The van der Waals surface area contributed by atoms with Crippen LogP contribution in [0.1, 0.15) is 54.5 Å². The number of nitrogens with zero attached hydrogens (tertiary/aromatic N) is 4. The smallest absolute Gasteiger partial charge is 0.270 e.